The predicted octanol–water partition coefficient (Wildman–Crippen LogP) is 6.08. The monoisotopic (exact) mass is 524 g/mol. The van der Waals surface area contributed by atoms with Gasteiger partial charge in [-0.05, 0) is 73.9 Å². The first-order valence-corrected chi connectivity index (χ1v) is 11.5. The van der Waals surface area contributed by atoms with Gasteiger partial charge in [-0.25, -0.2) is 9.67 Å². The lowest BCUT2D eigenvalue weighted by Crippen LogP contribution is -2.24. The Balaban J connectivity index is 1.35. The van der Waals surface area contributed by atoms with Gasteiger partial charge in [-0.3, -0.25) is 5.43 Å². The van der Waals surface area contributed by atoms with Crippen LogP contribution in [0.3, 0.4) is 0 Å². The zero-order valence-electron chi connectivity index (χ0n) is 20.2. The summed E-state index contributed by atoms with van der Waals surface area (Å²) in [5.41, 5.74) is 9.32. The van der Waals surface area contributed by atoms with E-state index in [-0.39, 0.29) is 5.75 Å². The number of nitrogens with one attached hydrogen (secondary N) is 2. The number of hydrogen-bond acceptors (Lipinski definition) is 5. The minimum Gasteiger partial charge on any atom is -0.406 e. The number of aryl methyl sites for hydroxylation is 3. The molecule has 0 bridgehead atoms. The third-order valence-electron chi connectivity index (χ3n) is 5.29. The number of thiocarbonyl (C=S) groups is 1. The van der Waals surface area contributed by atoms with Gasteiger partial charge in [-0.15, -0.1) is 18.3 Å². The van der Waals surface area contributed by atoms with Crippen LogP contribution in [0.5, 0.6) is 5.75 Å². The van der Waals surface area contributed by atoms with Gasteiger partial charge in [-0.2, -0.15) is 5.10 Å². The van der Waals surface area contributed by atoms with Crippen LogP contribution in [-0.4, -0.2) is 32.5 Å². The van der Waals surface area contributed by atoms with E-state index in [9.17, 15) is 13.2 Å². The molecule has 0 amide bonds. The van der Waals surface area contributed by atoms with Crippen molar-refractivity contribution in [1.29, 1.82) is 0 Å². The molecule has 7 nitrogen and oxygen atoms in total. The van der Waals surface area contributed by atoms with Gasteiger partial charge in [0.2, 0.25) is 0 Å². The van der Waals surface area contributed by atoms with E-state index in [1.165, 1.54) is 40.8 Å². The average molecular weight is 525 g/mol. The van der Waals surface area contributed by atoms with Crippen molar-refractivity contribution in [1.82, 2.24) is 20.2 Å². The molecule has 0 aliphatic heterocycles. The van der Waals surface area contributed by atoms with Gasteiger partial charge in [0.1, 0.15) is 12.1 Å². The van der Waals surface area contributed by atoms with Gasteiger partial charge in [0.05, 0.1) is 11.9 Å². The van der Waals surface area contributed by atoms with E-state index < -0.39 is 6.36 Å². The first-order valence-electron chi connectivity index (χ1n) is 11.1. The quantitative estimate of drug-likeness (QED) is 0.181. The number of benzene rings is 3. The van der Waals surface area contributed by atoms with Crippen LogP contribution in [0.2, 0.25) is 0 Å². The highest BCUT2D eigenvalue weighted by molar-refractivity contribution is 7.80. The molecule has 4 rings (SSSR count). The highest BCUT2D eigenvalue weighted by Gasteiger charge is 2.31. The highest BCUT2D eigenvalue weighted by atomic mass is 32.1. The number of ether oxygens (including phenoxy) is 1. The van der Waals surface area contributed by atoms with Gasteiger partial charge in [0, 0.05) is 11.3 Å². The van der Waals surface area contributed by atoms with Crippen molar-refractivity contribution in [2.24, 2.45) is 5.10 Å². The first-order chi connectivity index (χ1) is 17.6. The molecule has 0 fully saturated rings. The van der Waals surface area contributed by atoms with Crippen LogP contribution in [0.15, 0.2) is 72.1 Å². The fraction of sp³-hybridized carbons (Fsp3) is 0.154. The Morgan fingerprint density at radius 3 is 2.27 bits per heavy atom. The molecular formula is C26H23F3N6OS. The van der Waals surface area contributed by atoms with Crippen LogP contribution >= 0.6 is 12.2 Å². The molecule has 190 valence electrons. The standard InChI is InChI=1S/C26H23F3N6OS/c1-16-12-17(2)23(18(3)13-16)32-25(37)33-31-14-19-4-6-20(7-5-19)24-30-15-35(34-24)21-8-10-22(11-9-21)36-26(27,28)29/h4-15H,1-3H3,(H2,32,33,37)/b31-14+. The summed E-state index contributed by atoms with van der Waals surface area (Å²) in [7, 11) is 0. The number of nitrogens with zero attached hydrogens (tertiary/aromatic N) is 4. The lowest BCUT2D eigenvalue weighted by Gasteiger charge is -2.13. The second-order valence-corrected chi connectivity index (χ2v) is 8.68. The maximum absolute atomic E-state index is 12.3. The molecule has 0 atom stereocenters. The van der Waals surface area contributed by atoms with Crippen molar-refractivity contribution in [3.63, 3.8) is 0 Å². The van der Waals surface area contributed by atoms with E-state index >= 15 is 0 Å². The minimum absolute atomic E-state index is 0.305. The van der Waals surface area contributed by atoms with Crippen molar-refractivity contribution in [2.75, 3.05) is 5.32 Å². The van der Waals surface area contributed by atoms with Gasteiger partial charge >= 0.3 is 6.36 Å². The molecule has 0 aliphatic rings. The largest absolute Gasteiger partial charge is 0.573 e. The van der Waals surface area contributed by atoms with E-state index in [0.717, 1.165) is 27.9 Å². The maximum Gasteiger partial charge on any atom is 0.573 e. The molecule has 0 saturated heterocycles. The summed E-state index contributed by atoms with van der Waals surface area (Å²) in [4.78, 5) is 4.29. The SMILES string of the molecule is Cc1cc(C)c(NC(=S)N/N=C/c2ccc(-c3ncn(-c4ccc(OC(F)(F)F)cc4)n3)cc2)c(C)c1. The summed E-state index contributed by atoms with van der Waals surface area (Å²) in [5, 5.41) is 12.2. The summed E-state index contributed by atoms with van der Waals surface area (Å²) < 4.78 is 42.4. The molecular weight excluding hydrogens is 501 g/mol. The summed E-state index contributed by atoms with van der Waals surface area (Å²) in [5.74, 6) is 0.159. The number of alkyl halides is 3. The topological polar surface area (TPSA) is 76.4 Å². The zero-order valence-corrected chi connectivity index (χ0v) is 21.0. The molecule has 0 aliphatic carbocycles. The highest BCUT2D eigenvalue weighted by Crippen LogP contribution is 2.24. The molecule has 1 aromatic heterocycles. The Kier molecular flexibility index (Phi) is 7.53. The number of hydrazone groups is 1. The predicted molar refractivity (Wildman–Crippen MR) is 141 cm³/mol. The number of rotatable bonds is 6. The number of anilines is 1. The minimum atomic E-state index is -4.74. The van der Waals surface area contributed by atoms with E-state index in [4.69, 9.17) is 12.2 Å². The van der Waals surface area contributed by atoms with Gasteiger partial charge in [-0.1, -0.05) is 42.0 Å². The third-order valence-corrected chi connectivity index (χ3v) is 5.48. The molecule has 11 heteroatoms. The molecule has 0 spiro atoms. The molecule has 4 aromatic rings. The number of aromatic nitrogens is 3. The zero-order chi connectivity index (χ0) is 26.6. The molecule has 1 heterocycles. The summed E-state index contributed by atoms with van der Waals surface area (Å²) in [6.45, 7) is 6.10. The first kappa shape index (κ1) is 25.8. The summed E-state index contributed by atoms with van der Waals surface area (Å²) in [6.07, 6.45) is -1.61. The Morgan fingerprint density at radius 2 is 1.65 bits per heavy atom. The lowest BCUT2D eigenvalue weighted by atomic mass is 10.1. The Bertz CT molecular complexity index is 1410. The van der Waals surface area contributed by atoms with Crippen molar-refractivity contribution in [2.45, 2.75) is 27.1 Å². The van der Waals surface area contributed by atoms with Crippen LogP contribution in [0.4, 0.5) is 18.9 Å². The van der Waals surface area contributed by atoms with Crippen LogP contribution < -0.4 is 15.5 Å². The fourth-order valence-electron chi connectivity index (χ4n) is 3.72. The maximum atomic E-state index is 12.3. The van der Waals surface area contributed by atoms with Crippen LogP contribution in [-0.2, 0) is 0 Å². The van der Waals surface area contributed by atoms with Crippen molar-refractivity contribution in [3.8, 4) is 22.8 Å². The average Bonchev–Trinajstić information content (AvgIpc) is 3.32. The Labute approximate surface area is 217 Å². The van der Waals surface area contributed by atoms with Gasteiger partial charge < -0.3 is 10.1 Å². The Hall–Kier alpha value is -4.25. The molecule has 0 radical (unpaired) electrons. The molecule has 0 unspecified atom stereocenters. The van der Waals surface area contributed by atoms with E-state index in [1.807, 2.05) is 38.1 Å². The molecule has 3 aromatic carbocycles. The van der Waals surface area contributed by atoms with Crippen molar-refractivity contribution < 1.29 is 17.9 Å². The Morgan fingerprint density at radius 1 is 1.00 bits per heavy atom. The second kappa shape index (κ2) is 10.8. The molecule has 2 N–H and O–H groups in total. The molecule has 37 heavy (non-hydrogen) atoms. The van der Waals surface area contributed by atoms with Crippen LogP contribution in [0.25, 0.3) is 17.1 Å². The van der Waals surface area contributed by atoms with E-state index in [0.29, 0.717) is 16.6 Å². The van der Waals surface area contributed by atoms with Crippen LogP contribution in [0, 0.1) is 20.8 Å². The van der Waals surface area contributed by atoms with E-state index in [1.54, 1.807) is 6.21 Å². The molecule has 0 saturated carbocycles. The summed E-state index contributed by atoms with van der Waals surface area (Å²) >= 11 is 5.35. The van der Waals surface area contributed by atoms with E-state index in [2.05, 4.69) is 49.7 Å². The van der Waals surface area contributed by atoms with Crippen molar-refractivity contribution in [3.05, 3.63) is 89.2 Å². The third kappa shape index (κ3) is 6.91. The number of halogens is 3. The lowest BCUT2D eigenvalue weighted by molar-refractivity contribution is -0.274. The van der Waals surface area contributed by atoms with Gasteiger partial charge in [0.25, 0.3) is 0 Å². The van der Waals surface area contributed by atoms with Crippen molar-refractivity contribution >= 4 is 29.2 Å². The van der Waals surface area contributed by atoms with Crippen LogP contribution in [0.1, 0.15) is 22.3 Å². The normalized spacial score (nSPS) is 11.5. The fourth-order valence-corrected chi connectivity index (χ4v) is 3.88. The van der Waals surface area contributed by atoms with Gasteiger partial charge in [0.15, 0.2) is 10.9 Å². The number of hydrogen-bond donors (Lipinski definition) is 2. The summed E-state index contributed by atoms with van der Waals surface area (Å²) in [6, 6.07) is 16.9. The smallest absolute Gasteiger partial charge is 0.406 e. The second-order valence-electron chi connectivity index (χ2n) is 8.27.